The number of aromatic nitrogens is 4. The zero-order chi connectivity index (χ0) is 36.7. The third kappa shape index (κ3) is 4.73. The normalized spacial score (nSPS) is 11.9. The van der Waals surface area contributed by atoms with Gasteiger partial charge in [0.25, 0.3) is 0 Å². The van der Waals surface area contributed by atoms with Gasteiger partial charge in [0, 0.05) is 22.0 Å². The van der Waals surface area contributed by atoms with Gasteiger partial charge in [0.15, 0.2) is 0 Å². The van der Waals surface area contributed by atoms with Crippen LogP contribution in [0.2, 0.25) is 0 Å². The van der Waals surface area contributed by atoms with E-state index in [4.69, 9.17) is 9.97 Å². The molecule has 4 heteroatoms. The number of fused-ring (bicyclic) bond motifs is 11. The Hall–Kier alpha value is -7.56. The van der Waals surface area contributed by atoms with Crippen LogP contribution in [0.25, 0.3) is 110 Å². The summed E-state index contributed by atoms with van der Waals surface area (Å²) in [5.41, 5.74) is 13.3. The minimum atomic E-state index is 0.942. The molecule has 0 aliphatic carbocycles. The molecule has 3 aromatic heterocycles. The van der Waals surface area contributed by atoms with E-state index in [0.717, 1.165) is 50.4 Å². The standard InChI is InChI=1S/C52H32N4/c1-2-10-42(11-3-1)55-49-17-9-7-15-46(49)53-51(55)41-25-24-37-29-35(21-23-39(37)31-41)33-18-19-36-30-38(22-20-34(36)28-33)40-26-27-50-47(32-40)54-52-45-14-5-4-12-43(45)44-13-6-8-16-48(44)56(50)52/h1-32H. The van der Waals surface area contributed by atoms with Gasteiger partial charge in [-0.1, -0.05) is 127 Å². The number of nitrogens with zero attached hydrogens (tertiary/aromatic N) is 4. The van der Waals surface area contributed by atoms with Crippen molar-refractivity contribution in [1.82, 2.24) is 18.9 Å². The zero-order valence-corrected chi connectivity index (χ0v) is 30.3. The zero-order valence-electron chi connectivity index (χ0n) is 30.3. The first kappa shape index (κ1) is 30.9. The first-order chi connectivity index (χ1) is 27.7. The Kier molecular flexibility index (Phi) is 6.60. The molecule has 0 aliphatic rings. The lowest BCUT2D eigenvalue weighted by molar-refractivity contribution is 1.10. The highest BCUT2D eigenvalue weighted by Crippen LogP contribution is 2.36. The summed E-state index contributed by atoms with van der Waals surface area (Å²) in [4.78, 5) is 10.3. The van der Waals surface area contributed by atoms with E-state index >= 15 is 0 Å². The van der Waals surface area contributed by atoms with Crippen LogP contribution in [0.4, 0.5) is 0 Å². The van der Waals surface area contributed by atoms with Crippen LogP contribution < -0.4 is 0 Å². The maximum atomic E-state index is 5.21. The summed E-state index contributed by atoms with van der Waals surface area (Å²) in [7, 11) is 0. The monoisotopic (exact) mass is 712 g/mol. The molecule has 260 valence electrons. The molecule has 0 spiro atoms. The van der Waals surface area contributed by atoms with Crippen molar-refractivity contribution in [2.24, 2.45) is 0 Å². The van der Waals surface area contributed by atoms with E-state index in [1.165, 1.54) is 59.9 Å². The highest BCUT2D eigenvalue weighted by molar-refractivity contribution is 6.14. The van der Waals surface area contributed by atoms with Crippen molar-refractivity contribution in [3.8, 4) is 39.3 Å². The topological polar surface area (TPSA) is 35.1 Å². The Morgan fingerprint density at radius 2 is 0.839 bits per heavy atom. The van der Waals surface area contributed by atoms with Crippen LogP contribution in [-0.4, -0.2) is 18.9 Å². The predicted octanol–water partition coefficient (Wildman–Crippen LogP) is 13.4. The van der Waals surface area contributed by atoms with E-state index in [1.807, 2.05) is 6.07 Å². The summed E-state index contributed by atoms with van der Waals surface area (Å²) in [6.07, 6.45) is 0. The van der Waals surface area contributed by atoms with E-state index in [1.54, 1.807) is 0 Å². The van der Waals surface area contributed by atoms with Gasteiger partial charge in [-0.3, -0.25) is 8.97 Å². The molecule has 0 radical (unpaired) electrons. The van der Waals surface area contributed by atoms with Crippen molar-refractivity contribution >= 4 is 70.9 Å². The molecule has 0 bridgehead atoms. The third-order valence-corrected chi connectivity index (χ3v) is 11.4. The quantitative estimate of drug-likeness (QED) is 0.170. The molecule has 56 heavy (non-hydrogen) atoms. The smallest absolute Gasteiger partial charge is 0.146 e. The molecule has 0 aliphatic heterocycles. The van der Waals surface area contributed by atoms with Crippen molar-refractivity contribution < 1.29 is 0 Å². The number of pyridine rings is 1. The van der Waals surface area contributed by atoms with Gasteiger partial charge in [-0.25, -0.2) is 9.97 Å². The second-order valence-corrected chi connectivity index (χ2v) is 14.7. The summed E-state index contributed by atoms with van der Waals surface area (Å²) >= 11 is 0. The van der Waals surface area contributed by atoms with Gasteiger partial charge in [0.1, 0.15) is 11.5 Å². The lowest BCUT2D eigenvalue weighted by Gasteiger charge is -2.11. The third-order valence-electron chi connectivity index (χ3n) is 11.4. The fourth-order valence-corrected chi connectivity index (χ4v) is 8.72. The Morgan fingerprint density at radius 3 is 1.54 bits per heavy atom. The minimum Gasteiger partial charge on any atom is -0.292 e. The SMILES string of the molecule is c1ccc(-n2c(-c3ccc4cc(-c5ccc6cc(-c7ccc8c(c7)nc7c9ccccc9c9ccccc9n87)ccc6c5)ccc4c3)nc3ccccc32)cc1. The number of benzene rings is 9. The molecule has 0 atom stereocenters. The first-order valence-corrected chi connectivity index (χ1v) is 19.1. The van der Waals surface area contributed by atoms with Gasteiger partial charge in [0.2, 0.25) is 0 Å². The second kappa shape index (κ2) is 12.0. The number of rotatable bonds is 4. The highest BCUT2D eigenvalue weighted by Gasteiger charge is 2.16. The summed E-state index contributed by atoms with van der Waals surface area (Å²) in [6, 6.07) is 69.8. The van der Waals surface area contributed by atoms with Gasteiger partial charge in [-0.2, -0.15) is 0 Å². The minimum absolute atomic E-state index is 0.942. The van der Waals surface area contributed by atoms with Gasteiger partial charge in [0.05, 0.1) is 27.6 Å². The maximum Gasteiger partial charge on any atom is 0.146 e. The molecule has 4 nitrogen and oxygen atoms in total. The van der Waals surface area contributed by atoms with Crippen molar-refractivity contribution in [3.05, 3.63) is 194 Å². The summed E-state index contributed by atoms with van der Waals surface area (Å²) in [5.74, 6) is 0.942. The van der Waals surface area contributed by atoms with Crippen LogP contribution in [0.15, 0.2) is 194 Å². The molecule has 9 aromatic carbocycles. The van der Waals surface area contributed by atoms with E-state index in [2.05, 4.69) is 197 Å². The molecular formula is C52H32N4. The van der Waals surface area contributed by atoms with Gasteiger partial charge >= 0.3 is 0 Å². The van der Waals surface area contributed by atoms with Gasteiger partial charge < -0.3 is 0 Å². The fraction of sp³-hybridized carbons (Fsp3) is 0. The van der Waals surface area contributed by atoms with Crippen molar-refractivity contribution in [2.45, 2.75) is 0 Å². The summed E-state index contributed by atoms with van der Waals surface area (Å²) in [6.45, 7) is 0. The molecule has 0 amide bonds. The molecule has 0 saturated carbocycles. The average molecular weight is 713 g/mol. The van der Waals surface area contributed by atoms with E-state index in [-0.39, 0.29) is 0 Å². The van der Waals surface area contributed by atoms with Crippen molar-refractivity contribution in [3.63, 3.8) is 0 Å². The Balaban J connectivity index is 0.887. The summed E-state index contributed by atoms with van der Waals surface area (Å²) in [5, 5.41) is 8.46. The molecular weight excluding hydrogens is 681 g/mol. The Labute approximate surface area is 322 Å². The lowest BCUT2D eigenvalue weighted by Crippen LogP contribution is -1.97. The largest absolute Gasteiger partial charge is 0.292 e. The number of para-hydroxylation sites is 4. The van der Waals surface area contributed by atoms with Crippen LogP contribution in [0.3, 0.4) is 0 Å². The molecule has 3 heterocycles. The number of hydrogen-bond acceptors (Lipinski definition) is 2. The molecule has 0 fully saturated rings. The second-order valence-electron chi connectivity index (χ2n) is 14.7. The van der Waals surface area contributed by atoms with E-state index in [0.29, 0.717) is 0 Å². The van der Waals surface area contributed by atoms with Crippen LogP contribution >= 0.6 is 0 Å². The molecule has 0 unspecified atom stereocenters. The first-order valence-electron chi connectivity index (χ1n) is 19.1. The maximum absolute atomic E-state index is 5.21. The van der Waals surface area contributed by atoms with Gasteiger partial charge in [-0.15, -0.1) is 0 Å². The van der Waals surface area contributed by atoms with E-state index in [9.17, 15) is 0 Å². The Bertz CT molecular complexity index is 3540. The molecule has 12 aromatic rings. The average Bonchev–Trinajstić information content (AvgIpc) is 3.85. The van der Waals surface area contributed by atoms with Crippen LogP contribution in [-0.2, 0) is 0 Å². The molecule has 12 rings (SSSR count). The predicted molar refractivity (Wildman–Crippen MR) is 234 cm³/mol. The summed E-state index contributed by atoms with van der Waals surface area (Å²) < 4.78 is 4.57. The molecule has 0 N–H and O–H groups in total. The van der Waals surface area contributed by atoms with Gasteiger partial charge in [-0.05, 0) is 116 Å². The van der Waals surface area contributed by atoms with Crippen molar-refractivity contribution in [1.29, 1.82) is 0 Å². The lowest BCUT2D eigenvalue weighted by atomic mass is 9.96. The van der Waals surface area contributed by atoms with Crippen LogP contribution in [0.5, 0.6) is 0 Å². The van der Waals surface area contributed by atoms with Crippen LogP contribution in [0.1, 0.15) is 0 Å². The molecule has 0 saturated heterocycles. The fourth-order valence-electron chi connectivity index (χ4n) is 8.72. The van der Waals surface area contributed by atoms with Crippen molar-refractivity contribution in [2.75, 3.05) is 0 Å². The highest BCUT2D eigenvalue weighted by atomic mass is 15.1. The number of hydrogen-bond donors (Lipinski definition) is 0. The van der Waals surface area contributed by atoms with Crippen LogP contribution in [0, 0.1) is 0 Å². The Morgan fingerprint density at radius 1 is 0.321 bits per heavy atom. The number of imidazole rings is 2. The van der Waals surface area contributed by atoms with E-state index < -0.39 is 0 Å².